The lowest BCUT2D eigenvalue weighted by molar-refractivity contribution is -0.134. The highest BCUT2D eigenvalue weighted by atomic mass is 16.2. The number of likely N-dealkylation sites (N-methyl/N-ethyl adjacent to an activating group) is 1. The summed E-state index contributed by atoms with van der Waals surface area (Å²) in [7, 11) is 2.15. The molecule has 1 unspecified atom stereocenters. The van der Waals surface area contributed by atoms with Gasteiger partial charge in [-0.3, -0.25) is 4.79 Å². The maximum atomic E-state index is 13.3. The van der Waals surface area contributed by atoms with Crippen molar-refractivity contribution in [3.05, 3.63) is 35.9 Å². The van der Waals surface area contributed by atoms with E-state index >= 15 is 0 Å². The van der Waals surface area contributed by atoms with Gasteiger partial charge >= 0.3 is 0 Å². The fraction of sp³-hybridized carbons (Fsp3) is 0.632. The summed E-state index contributed by atoms with van der Waals surface area (Å²) in [5.41, 5.74) is 1.22. The molecule has 1 aromatic carbocycles. The minimum Gasteiger partial charge on any atom is -0.341 e. The van der Waals surface area contributed by atoms with E-state index in [2.05, 4.69) is 41.1 Å². The Bertz CT molecular complexity index is 481. The highest BCUT2D eigenvalue weighted by Crippen LogP contribution is 2.38. The first-order valence-electron chi connectivity index (χ1n) is 8.78. The zero-order valence-corrected chi connectivity index (χ0v) is 13.7. The van der Waals surface area contributed by atoms with Crippen molar-refractivity contribution in [2.24, 2.45) is 5.92 Å². The zero-order valence-electron chi connectivity index (χ0n) is 13.7. The monoisotopic (exact) mass is 300 g/mol. The largest absolute Gasteiger partial charge is 0.341 e. The predicted octanol–water partition coefficient (Wildman–Crippen LogP) is 3.12. The van der Waals surface area contributed by atoms with Crippen LogP contribution in [0.3, 0.4) is 0 Å². The molecule has 0 spiro atoms. The Labute approximate surface area is 134 Å². The van der Waals surface area contributed by atoms with Gasteiger partial charge in [0.2, 0.25) is 5.91 Å². The average Bonchev–Trinajstić information content (AvgIpc) is 2.97. The Morgan fingerprint density at radius 2 is 1.73 bits per heavy atom. The highest BCUT2D eigenvalue weighted by Gasteiger charge is 2.34. The van der Waals surface area contributed by atoms with Gasteiger partial charge in [0, 0.05) is 19.6 Å². The highest BCUT2D eigenvalue weighted by molar-refractivity contribution is 5.84. The van der Waals surface area contributed by atoms with Crippen LogP contribution in [0.25, 0.3) is 0 Å². The summed E-state index contributed by atoms with van der Waals surface area (Å²) in [5.74, 6) is 0.983. The molecule has 1 amide bonds. The summed E-state index contributed by atoms with van der Waals surface area (Å²) in [4.78, 5) is 17.7. The van der Waals surface area contributed by atoms with Crippen LogP contribution in [0.4, 0.5) is 0 Å². The second-order valence-electron chi connectivity index (χ2n) is 6.92. The van der Waals surface area contributed by atoms with Crippen LogP contribution in [0.2, 0.25) is 0 Å². The first-order chi connectivity index (χ1) is 10.8. The van der Waals surface area contributed by atoms with Gasteiger partial charge in [-0.1, -0.05) is 43.2 Å². The predicted molar refractivity (Wildman–Crippen MR) is 89.8 cm³/mol. The number of carbonyl (C=O) groups is 1. The number of nitrogens with zero attached hydrogens (tertiary/aromatic N) is 2. The second-order valence-corrected chi connectivity index (χ2v) is 6.92. The Hall–Kier alpha value is -1.35. The molecule has 0 N–H and O–H groups in total. The van der Waals surface area contributed by atoms with Gasteiger partial charge in [-0.05, 0) is 44.3 Å². The molecule has 0 radical (unpaired) electrons. The summed E-state index contributed by atoms with van der Waals surface area (Å²) in [6, 6.07) is 10.5. The van der Waals surface area contributed by atoms with E-state index in [4.69, 9.17) is 0 Å². The maximum Gasteiger partial charge on any atom is 0.230 e. The smallest absolute Gasteiger partial charge is 0.230 e. The third-order valence-electron chi connectivity index (χ3n) is 5.33. The zero-order chi connectivity index (χ0) is 15.4. The SMILES string of the molecule is CN1CCCN(C(=O)C(c2ccccc2)C2CCCC2)CC1. The molecule has 3 rings (SSSR count). The van der Waals surface area contributed by atoms with Crippen molar-refractivity contribution in [2.45, 2.75) is 38.0 Å². The summed E-state index contributed by atoms with van der Waals surface area (Å²) < 4.78 is 0. The molecule has 0 bridgehead atoms. The lowest BCUT2D eigenvalue weighted by Crippen LogP contribution is -2.39. The molecule has 1 saturated carbocycles. The number of amides is 1. The molecular formula is C19H28N2O. The third kappa shape index (κ3) is 3.52. The first kappa shape index (κ1) is 15.5. The molecule has 1 heterocycles. The van der Waals surface area contributed by atoms with E-state index in [9.17, 15) is 4.79 Å². The fourth-order valence-electron chi connectivity index (χ4n) is 4.03. The van der Waals surface area contributed by atoms with Crippen molar-refractivity contribution in [3.63, 3.8) is 0 Å². The van der Waals surface area contributed by atoms with E-state index in [-0.39, 0.29) is 5.92 Å². The van der Waals surface area contributed by atoms with Crippen LogP contribution in [0.5, 0.6) is 0 Å². The first-order valence-corrected chi connectivity index (χ1v) is 8.78. The standard InChI is InChI=1S/C19H28N2O/c1-20-12-7-13-21(15-14-20)19(22)18(17-10-5-6-11-17)16-8-3-2-4-9-16/h2-4,8-9,17-18H,5-7,10-15H2,1H3. The lowest BCUT2D eigenvalue weighted by Gasteiger charge is -2.30. The van der Waals surface area contributed by atoms with Gasteiger partial charge in [0.15, 0.2) is 0 Å². The summed E-state index contributed by atoms with van der Waals surface area (Å²) in [6.07, 6.45) is 6.07. The van der Waals surface area contributed by atoms with Crippen molar-refractivity contribution in [3.8, 4) is 0 Å². The summed E-state index contributed by atoms with van der Waals surface area (Å²) >= 11 is 0. The van der Waals surface area contributed by atoms with Crippen molar-refractivity contribution < 1.29 is 4.79 Å². The number of benzene rings is 1. The van der Waals surface area contributed by atoms with E-state index in [1.54, 1.807) is 0 Å². The summed E-state index contributed by atoms with van der Waals surface area (Å²) in [6.45, 7) is 3.89. The number of rotatable bonds is 3. The van der Waals surface area contributed by atoms with Crippen LogP contribution in [-0.4, -0.2) is 48.9 Å². The van der Waals surface area contributed by atoms with Crippen LogP contribution in [0.1, 0.15) is 43.6 Å². The van der Waals surface area contributed by atoms with E-state index in [0.717, 1.165) is 32.6 Å². The fourth-order valence-corrected chi connectivity index (χ4v) is 4.03. The van der Waals surface area contributed by atoms with Crippen molar-refractivity contribution in [1.82, 2.24) is 9.80 Å². The van der Waals surface area contributed by atoms with Crippen molar-refractivity contribution in [1.29, 1.82) is 0 Å². The topological polar surface area (TPSA) is 23.6 Å². The Morgan fingerprint density at radius 3 is 2.45 bits per heavy atom. The van der Waals surface area contributed by atoms with E-state index < -0.39 is 0 Å². The number of hydrogen-bond donors (Lipinski definition) is 0. The minimum atomic E-state index is 0.0760. The molecule has 1 aromatic rings. The van der Waals surface area contributed by atoms with Crippen LogP contribution < -0.4 is 0 Å². The number of carbonyl (C=O) groups excluding carboxylic acids is 1. The van der Waals surface area contributed by atoms with Crippen LogP contribution in [0, 0.1) is 5.92 Å². The second kappa shape index (κ2) is 7.28. The van der Waals surface area contributed by atoms with Gasteiger partial charge in [0.1, 0.15) is 0 Å². The van der Waals surface area contributed by atoms with E-state index in [0.29, 0.717) is 11.8 Å². The molecule has 1 saturated heterocycles. The molecule has 0 aromatic heterocycles. The molecule has 1 aliphatic heterocycles. The van der Waals surface area contributed by atoms with Crippen LogP contribution >= 0.6 is 0 Å². The Kier molecular flexibility index (Phi) is 5.14. The minimum absolute atomic E-state index is 0.0760. The quantitative estimate of drug-likeness (QED) is 0.856. The molecule has 2 aliphatic rings. The van der Waals surface area contributed by atoms with Gasteiger partial charge in [-0.15, -0.1) is 0 Å². The van der Waals surface area contributed by atoms with E-state index in [1.165, 1.54) is 31.2 Å². The molecule has 1 aliphatic carbocycles. The molecular weight excluding hydrogens is 272 g/mol. The Balaban J connectivity index is 1.80. The van der Waals surface area contributed by atoms with Gasteiger partial charge in [-0.25, -0.2) is 0 Å². The lowest BCUT2D eigenvalue weighted by atomic mass is 9.83. The average molecular weight is 300 g/mol. The van der Waals surface area contributed by atoms with E-state index in [1.807, 2.05) is 6.07 Å². The normalized spacial score (nSPS) is 22.5. The molecule has 120 valence electrons. The number of hydrogen-bond acceptors (Lipinski definition) is 2. The van der Waals surface area contributed by atoms with Crippen molar-refractivity contribution in [2.75, 3.05) is 33.2 Å². The van der Waals surface area contributed by atoms with Crippen LogP contribution in [-0.2, 0) is 4.79 Å². The molecule has 1 atom stereocenters. The molecule has 3 heteroatoms. The maximum absolute atomic E-state index is 13.3. The molecule has 22 heavy (non-hydrogen) atoms. The Morgan fingerprint density at radius 1 is 1.00 bits per heavy atom. The van der Waals surface area contributed by atoms with Gasteiger partial charge in [0.25, 0.3) is 0 Å². The van der Waals surface area contributed by atoms with Gasteiger partial charge < -0.3 is 9.80 Å². The van der Waals surface area contributed by atoms with Gasteiger partial charge in [-0.2, -0.15) is 0 Å². The molecule has 2 fully saturated rings. The van der Waals surface area contributed by atoms with Gasteiger partial charge in [0.05, 0.1) is 5.92 Å². The van der Waals surface area contributed by atoms with Crippen molar-refractivity contribution >= 4 is 5.91 Å². The third-order valence-corrected chi connectivity index (χ3v) is 5.33. The summed E-state index contributed by atoms with van der Waals surface area (Å²) in [5, 5.41) is 0. The molecule has 3 nitrogen and oxygen atoms in total. The van der Waals surface area contributed by atoms with Crippen LogP contribution in [0.15, 0.2) is 30.3 Å².